The van der Waals surface area contributed by atoms with Crippen molar-refractivity contribution < 1.29 is 9.84 Å². The second kappa shape index (κ2) is 5.69. The molecule has 0 unspecified atom stereocenters. The Kier molecular flexibility index (Phi) is 3.66. The van der Waals surface area contributed by atoms with Crippen LogP contribution >= 0.6 is 0 Å². The lowest BCUT2D eigenvalue weighted by Crippen LogP contribution is -2.62. The zero-order valence-electron chi connectivity index (χ0n) is 13.4. The van der Waals surface area contributed by atoms with Crippen molar-refractivity contribution in [1.82, 2.24) is 15.0 Å². The predicted molar refractivity (Wildman–Crippen MR) is 87.3 cm³/mol. The number of aliphatic hydroxyl groups is 1. The summed E-state index contributed by atoms with van der Waals surface area (Å²) in [4.78, 5) is 15.4. The third-order valence-corrected chi connectivity index (χ3v) is 5.45. The highest BCUT2D eigenvalue weighted by Crippen LogP contribution is 2.51. The van der Waals surface area contributed by atoms with Gasteiger partial charge in [0.05, 0.1) is 12.2 Å². The Bertz CT molecular complexity index is 698. The van der Waals surface area contributed by atoms with Crippen LogP contribution < -0.4 is 4.90 Å². The van der Waals surface area contributed by atoms with Crippen LogP contribution in [0.25, 0.3) is 11.2 Å². The fraction of sp³-hybridized carbons (Fsp3) is 0.588. The zero-order valence-corrected chi connectivity index (χ0v) is 13.4. The molecule has 2 aromatic rings. The Morgan fingerprint density at radius 3 is 2.78 bits per heavy atom. The Morgan fingerprint density at radius 2 is 2.04 bits per heavy atom. The van der Waals surface area contributed by atoms with Crippen LogP contribution in [0.2, 0.25) is 0 Å². The van der Waals surface area contributed by atoms with Gasteiger partial charge in [0, 0.05) is 43.9 Å². The molecule has 0 amide bonds. The van der Waals surface area contributed by atoms with Gasteiger partial charge in [-0.15, -0.1) is 0 Å². The van der Waals surface area contributed by atoms with Crippen molar-refractivity contribution >= 4 is 17.0 Å². The molecule has 1 spiro atoms. The maximum Gasteiger partial charge on any atom is 0.180 e. The fourth-order valence-electron chi connectivity index (χ4n) is 3.99. The van der Waals surface area contributed by atoms with E-state index in [0.717, 1.165) is 43.7 Å². The first-order valence-corrected chi connectivity index (χ1v) is 8.35. The van der Waals surface area contributed by atoms with E-state index in [1.807, 2.05) is 19.1 Å². The lowest BCUT2D eigenvalue weighted by molar-refractivity contribution is -0.199. The molecular formula is C17H22N4O2. The summed E-state index contributed by atoms with van der Waals surface area (Å²) < 4.78 is 5.83. The molecule has 1 aliphatic heterocycles. The van der Waals surface area contributed by atoms with Crippen molar-refractivity contribution in [2.45, 2.75) is 38.4 Å². The molecule has 1 saturated carbocycles. The highest BCUT2D eigenvalue weighted by molar-refractivity contribution is 5.71. The van der Waals surface area contributed by atoms with Gasteiger partial charge < -0.3 is 14.7 Å². The molecule has 2 aliphatic rings. The zero-order chi connectivity index (χ0) is 15.9. The number of rotatable bonds is 3. The second-order valence-corrected chi connectivity index (χ2v) is 6.48. The molecule has 122 valence electrons. The quantitative estimate of drug-likeness (QED) is 0.931. The fourth-order valence-corrected chi connectivity index (χ4v) is 3.99. The summed E-state index contributed by atoms with van der Waals surface area (Å²) in [5.41, 5.74) is 1.44. The van der Waals surface area contributed by atoms with E-state index >= 15 is 0 Å². The summed E-state index contributed by atoms with van der Waals surface area (Å²) in [5, 5.41) is 10.3. The van der Waals surface area contributed by atoms with Crippen LogP contribution in [0.3, 0.4) is 0 Å². The molecule has 2 atom stereocenters. The van der Waals surface area contributed by atoms with E-state index in [0.29, 0.717) is 12.3 Å². The smallest absolute Gasteiger partial charge is 0.180 e. The molecule has 3 heterocycles. The first kappa shape index (κ1) is 14.8. The number of hydrogen-bond donors (Lipinski definition) is 1. The van der Waals surface area contributed by atoms with Crippen LogP contribution in [0.15, 0.2) is 24.5 Å². The molecule has 0 aromatic carbocycles. The molecule has 2 fully saturated rings. The van der Waals surface area contributed by atoms with Crippen molar-refractivity contribution in [2.75, 3.05) is 24.6 Å². The van der Waals surface area contributed by atoms with Gasteiger partial charge in [0.15, 0.2) is 5.65 Å². The van der Waals surface area contributed by atoms with Crippen molar-refractivity contribution in [2.24, 2.45) is 5.41 Å². The summed E-state index contributed by atoms with van der Waals surface area (Å²) in [7, 11) is 0. The first-order chi connectivity index (χ1) is 11.2. The minimum absolute atomic E-state index is 0.0524. The van der Waals surface area contributed by atoms with Gasteiger partial charge >= 0.3 is 0 Å². The first-order valence-electron chi connectivity index (χ1n) is 8.35. The molecule has 1 N–H and O–H groups in total. The van der Waals surface area contributed by atoms with E-state index < -0.39 is 0 Å². The van der Waals surface area contributed by atoms with Crippen LogP contribution in [0.1, 0.15) is 26.2 Å². The van der Waals surface area contributed by atoms with Crippen LogP contribution in [0.4, 0.5) is 5.82 Å². The number of nitrogens with zero attached hydrogens (tertiary/aromatic N) is 4. The average molecular weight is 314 g/mol. The number of hydrogen-bond acceptors (Lipinski definition) is 6. The molecule has 2 aromatic heterocycles. The van der Waals surface area contributed by atoms with E-state index in [9.17, 15) is 5.11 Å². The molecule has 23 heavy (non-hydrogen) atoms. The molecule has 6 nitrogen and oxygen atoms in total. The number of fused-ring (bicyclic) bond motifs is 1. The topological polar surface area (TPSA) is 71.4 Å². The summed E-state index contributed by atoms with van der Waals surface area (Å²) in [6, 6.07) is 3.97. The Morgan fingerprint density at radius 1 is 1.26 bits per heavy atom. The van der Waals surface area contributed by atoms with Crippen LogP contribution in [-0.4, -0.2) is 52.0 Å². The van der Waals surface area contributed by atoms with E-state index in [2.05, 4.69) is 19.9 Å². The van der Waals surface area contributed by atoms with Gasteiger partial charge in [-0.25, -0.2) is 9.97 Å². The van der Waals surface area contributed by atoms with Gasteiger partial charge in [-0.2, -0.15) is 0 Å². The normalized spacial score (nSPS) is 26.4. The lowest BCUT2D eigenvalue weighted by Gasteiger charge is -2.56. The molecule has 4 rings (SSSR count). The van der Waals surface area contributed by atoms with Gasteiger partial charge in [0.2, 0.25) is 0 Å². The highest BCUT2D eigenvalue weighted by atomic mass is 16.5. The summed E-state index contributed by atoms with van der Waals surface area (Å²) >= 11 is 0. The SMILES string of the molecule is CCO[C@@H]1C[C@H](O)C12CCN(c1ccc3nccnc3n1)CC2. The molecule has 1 saturated heterocycles. The summed E-state index contributed by atoms with van der Waals surface area (Å²) in [6.07, 6.45) is 5.99. The maximum atomic E-state index is 10.3. The number of anilines is 1. The van der Waals surface area contributed by atoms with Gasteiger partial charge in [-0.3, -0.25) is 4.98 Å². The molecule has 0 radical (unpaired) electrons. The second-order valence-electron chi connectivity index (χ2n) is 6.48. The number of ether oxygens (including phenoxy) is 1. The third kappa shape index (κ3) is 2.37. The van der Waals surface area contributed by atoms with Crippen molar-refractivity contribution in [3.05, 3.63) is 24.5 Å². The molecule has 1 aliphatic carbocycles. The number of pyridine rings is 1. The summed E-state index contributed by atoms with van der Waals surface area (Å²) in [5.74, 6) is 0.939. The minimum Gasteiger partial charge on any atom is -0.392 e. The average Bonchev–Trinajstić information content (AvgIpc) is 2.61. The Hall–Kier alpha value is -1.79. The minimum atomic E-state index is -0.225. The largest absolute Gasteiger partial charge is 0.392 e. The van der Waals surface area contributed by atoms with Gasteiger partial charge in [0.25, 0.3) is 0 Å². The van der Waals surface area contributed by atoms with Gasteiger partial charge in [-0.05, 0) is 31.9 Å². The van der Waals surface area contributed by atoms with Crippen molar-refractivity contribution in [3.63, 3.8) is 0 Å². The number of aliphatic hydroxyl groups excluding tert-OH is 1. The van der Waals surface area contributed by atoms with Crippen LogP contribution in [0.5, 0.6) is 0 Å². The van der Waals surface area contributed by atoms with Gasteiger partial charge in [0.1, 0.15) is 11.3 Å². The lowest BCUT2D eigenvalue weighted by atomic mass is 9.58. The molecule has 0 bridgehead atoms. The number of piperidine rings is 1. The maximum absolute atomic E-state index is 10.3. The standard InChI is InChI=1S/C17H22N4O2/c1-2-23-14-11-13(22)17(14)5-9-21(10-6-17)15-4-3-12-16(20-15)19-8-7-18-12/h3-4,7-8,13-14,22H,2,5-6,9-11H2,1H3/t13-,14+/m0/s1. The van der Waals surface area contributed by atoms with E-state index in [-0.39, 0.29) is 17.6 Å². The molecule has 6 heteroatoms. The van der Waals surface area contributed by atoms with E-state index in [4.69, 9.17) is 4.74 Å². The predicted octanol–water partition coefficient (Wildman–Crippen LogP) is 1.78. The van der Waals surface area contributed by atoms with Crippen LogP contribution in [-0.2, 0) is 4.74 Å². The Labute approximate surface area is 135 Å². The highest BCUT2D eigenvalue weighted by Gasteiger charge is 2.56. The van der Waals surface area contributed by atoms with Crippen molar-refractivity contribution in [1.29, 1.82) is 0 Å². The van der Waals surface area contributed by atoms with E-state index in [1.54, 1.807) is 12.4 Å². The van der Waals surface area contributed by atoms with Crippen LogP contribution in [0, 0.1) is 5.41 Å². The third-order valence-electron chi connectivity index (χ3n) is 5.45. The van der Waals surface area contributed by atoms with Crippen molar-refractivity contribution in [3.8, 4) is 0 Å². The summed E-state index contributed by atoms with van der Waals surface area (Å²) in [6.45, 7) is 4.51. The molecular weight excluding hydrogens is 292 g/mol. The van der Waals surface area contributed by atoms with Gasteiger partial charge in [-0.1, -0.05) is 0 Å². The Balaban J connectivity index is 1.50. The number of aromatic nitrogens is 3. The van der Waals surface area contributed by atoms with E-state index in [1.165, 1.54) is 0 Å². The monoisotopic (exact) mass is 314 g/mol.